The van der Waals surface area contributed by atoms with Gasteiger partial charge in [0.05, 0.1) is 28.0 Å². The Balaban J connectivity index is 1.91. The third-order valence-electron chi connectivity index (χ3n) is 4.62. The third kappa shape index (κ3) is 4.41. The number of hydrogen-bond acceptors (Lipinski definition) is 4. The van der Waals surface area contributed by atoms with Gasteiger partial charge < -0.3 is 0 Å². The highest BCUT2D eigenvalue weighted by atomic mass is 35.5. The van der Waals surface area contributed by atoms with Gasteiger partial charge in [-0.1, -0.05) is 11.6 Å². The fourth-order valence-electron chi connectivity index (χ4n) is 3.23. The number of nitrogens with zero attached hydrogens (tertiary/aromatic N) is 2. The molecule has 1 amide bonds. The fraction of sp³-hybridized carbons (Fsp3) is 0.0476. The standard InChI is InChI=1S/C21H12ClF4N3O3S/c1-33(31,32)28-21(30)12-8-14(22)19(9-16(12)25)29-18-5-3-11(23)7-13(18)20(27-29)10-2-4-15(24)17(26)6-10/h2-9H,1H3,(H,28,30). The minimum absolute atomic E-state index is 0.0597. The van der Waals surface area contributed by atoms with Crippen molar-refractivity contribution < 1.29 is 30.8 Å². The van der Waals surface area contributed by atoms with Crippen LogP contribution in [0.25, 0.3) is 27.8 Å². The van der Waals surface area contributed by atoms with Crippen molar-refractivity contribution in [2.75, 3.05) is 6.26 Å². The molecule has 0 saturated heterocycles. The number of carbonyl (C=O) groups is 1. The lowest BCUT2D eigenvalue weighted by atomic mass is 10.1. The largest absolute Gasteiger partial charge is 0.268 e. The molecular weight excluding hydrogens is 486 g/mol. The van der Waals surface area contributed by atoms with E-state index < -0.39 is 44.8 Å². The van der Waals surface area contributed by atoms with Crippen LogP contribution in [0.3, 0.4) is 0 Å². The molecule has 0 saturated carbocycles. The summed E-state index contributed by atoms with van der Waals surface area (Å²) in [5.74, 6) is -5.18. The van der Waals surface area contributed by atoms with Crippen LogP contribution >= 0.6 is 11.6 Å². The molecule has 0 aliphatic carbocycles. The molecule has 1 heterocycles. The molecular formula is C21H12ClF4N3O3S. The maximum absolute atomic E-state index is 14.7. The van der Waals surface area contributed by atoms with Crippen LogP contribution in [0.1, 0.15) is 10.4 Å². The summed E-state index contributed by atoms with van der Waals surface area (Å²) in [6.07, 6.45) is 0.730. The van der Waals surface area contributed by atoms with E-state index in [1.165, 1.54) is 12.1 Å². The summed E-state index contributed by atoms with van der Waals surface area (Å²) < 4.78 is 81.2. The average molecular weight is 498 g/mol. The zero-order valence-electron chi connectivity index (χ0n) is 16.5. The lowest BCUT2D eigenvalue weighted by molar-refractivity contribution is 0.0978. The molecule has 0 unspecified atom stereocenters. The molecule has 4 rings (SSSR count). The summed E-state index contributed by atoms with van der Waals surface area (Å²) in [6.45, 7) is 0. The predicted molar refractivity (Wildman–Crippen MR) is 114 cm³/mol. The number of aromatic nitrogens is 2. The van der Waals surface area contributed by atoms with Gasteiger partial charge in [-0.15, -0.1) is 0 Å². The van der Waals surface area contributed by atoms with E-state index in [1.54, 1.807) is 4.72 Å². The van der Waals surface area contributed by atoms with E-state index >= 15 is 0 Å². The average Bonchev–Trinajstić information content (AvgIpc) is 3.08. The van der Waals surface area contributed by atoms with E-state index in [2.05, 4.69) is 5.10 Å². The van der Waals surface area contributed by atoms with E-state index in [1.807, 2.05) is 0 Å². The predicted octanol–water partition coefficient (Wildman–Crippen LogP) is 4.59. The van der Waals surface area contributed by atoms with Crippen LogP contribution in [0, 0.1) is 23.3 Å². The number of rotatable bonds is 4. The minimum Gasteiger partial charge on any atom is -0.268 e. The molecule has 170 valence electrons. The number of fused-ring (bicyclic) bond motifs is 1. The molecule has 0 radical (unpaired) electrons. The van der Waals surface area contributed by atoms with E-state index in [0.29, 0.717) is 0 Å². The minimum atomic E-state index is -3.95. The Labute approximate surface area is 189 Å². The van der Waals surface area contributed by atoms with Crippen LogP contribution in [-0.2, 0) is 10.0 Å². The van der Waals surface area contributed by atoms with E-state index in [0.717, 1.165) is 47.3 Å². The Morgan fingerprint density at radius 1 is 0.970 bits per heavy atom. The van der Waals surface area contributed by atoms with Gasteiger partial charge in [0.15, 0.2) is 11.6 Å². The van der Waals surface area contributed by atoms with Crippen molar-refractivity contribution in [3.05, 3.63) is 82.4 Å². The maximum Gasteiger partial charge on any atom is 0.267 e. The first kappa shape index (κ1) is 22.7. The maximum atomic E-state index is 14.7. The summed E-state index contributed by atoms with van der Waals surface area (Å²) >= 11 is 6.24. The smallest absolute Gasteiger partial charge is 0.267 e. The van der Waals surface area contributed by atoms with Crippen molar-refractivity contribution in [2.45, 2.75) is 0 Å². The number of sulfonamides is 1. The van der Waals surface area contributed by atoms with Crippen molar-refractivity contribution in [1.29, 1.82) is 0 Å². The first-order valence-electron chi connectivity index (χ1n) is 9.10. The molecule has 0 bridgehead atoms. The van der Waals surface area contributed by atoms with Crippen molar-refractivity contribution >= 4 is 38.4 Å². The second kappa shape index (κ2) is 8.16. The Hall–Kier alpha value is -3.44. The van der Waals surface area contributed by atoms with Crippen molar-refractivity contribution in [1.82, 2.24) is 14.5 Å². The number of carbonyl (C=O) groups excluding carboxylic acids is 1. The van der Waals surface area contributed by atoms with Gasteiger partial charge in [-0.25, -0.2) is 35.4 Å². The molecule has 3 aromatic carbocycles. The summed E-state index contributed by atoms with van der Waals surface area (Å²) in [6, 6.07) is 8.35. The molecule has 0 aliphatic heterocycles. The Morgan fingerprint density at radius 2 is 1.70 bits per heavy atom. The highest BCUT2D eigenvalue weighted by molar-refractivity contribution is 7.89. The van der Waals surface area contributed by atoms with Crippen LogP contribution in [0.4, 0.5) is 17.6 Å². The topological polar surface area (TPSA) is 81.1 Å². The first-order chi connectivity index (χ1) is 15.4. The molecule has 4 aromatic rings. The van der Waals surface area contributed by atoms with Crippen molar-refractivity contribution in [2.24, 2.45) is 0 Å². The second-order valence-corrected chi connectivity index (χ2v) is 9.19. The van der Waals surface area contributed by atoms with Crippen molar-refractivity contribution in [3.8, 4) is 16.9 Å². The number of nitrogens with one attached hydrogen (secondary N) is 1. The summed E-state index contributed by atoms with van der Waals surface area (Å²) in [4.78, 5) is 12.1. The van der Waals surface area contributed by atoms with Gasteiger partial charge in [0, 0.05) is 17.0 Å². The molecule has 0 aliphatic rings. The molecule has 1 N–H and O–H groups in total. The number of hydrogen-bond donors (Lipinski definition) is 1. The summed E-state index contributed by atoms with van der Waals surface area (Å²) in [7, 11) is -3.95. The van der Waals surface area contributed by atoms with Crippen LogP contribution in [0.15, 0.2) is 48.5 Å². The van der Waals surface area contributed by atoms with Gasteiger partial charge in [0.2, 0.25) is 10.0 Å². The lowest BCUT2D eigenvalue weighted by Crippen LogP contribution is -2.30. The van der Waals surface area contributed by atoms with Gasteiger partial charge in [-0.3, -0.25) is 4.79 Å². The normalized spacial score (nSPS) is 11.7. The molecule has 6 nitrogen and oxygen atoms in total. The fourth-order valence-corrected chi connectivity index (χ4v) is 3.92. The zero-order valence-corrected chi connectivity index (χ0v) is 18.1. The van der Waals surface area contributed by atoms with Gasteiger partial charge in [-0.2, -0.15) is 5.10 Å². The van der Waals surface area contributed by atoms with Gasteiger partial charge in [-0.05, 0) is 42.5 Å². The molecule has 33 heavy (non-hydrogen) atoms. The molecule has 0 atom stereocenters. The van der Waals surface area contributed by atoms with Crippen LogP contribution < -0.4 is 4.72 Å². The van der Waals surface area contributed by atoms with Crippen molar-refractivity contribution in [3.63, 3.8) is 0 Å². The highest BCUT2D eigenvalue weighted by Gasteiger charge is 2.22. The quantitative estimate of drug-likeness (QED) is 0.418. The molecule has 0 fully saturated rings. The summed E-state index contributed by atoms with van der Waals surface area (Å²) in [5.41, 5.74) is -0.235. The summed E-state index contributed by atoms with van der Waals surface area (Å²) in [5, 5.41) is 4.32. The van der Waals surface area contributed by atoms with Gasteiger partial charge >= 0.3 is 0 Å². The monoisotopic (exact) mass is 497 g/mol. The molecule has 12 heteroatoms. The number of amides is 1. The molecule has 1 aromatic heterocycles. The zero-order chi connectivity index (χ0) is 24.1. The second-order valence-electron chi connectivity index (χ2n) is 7.04. The van der Waals surface area contributed by atoms with E-state index in [4.69, 9.17) is 11.6 Å². The SMILES string of the molecule is CS(=O)(=O)NC(=O)c1cc(Cl)c(-n2nc(-c3ccc(F)c(F)c3)c3cc(F)ccc32)cc1F. The van der Waals surface area contributed by atoms with Gasteiger partial charge in [0.25, 0.3) is 5.91 Å². The lowest BCUT2D eigenvalue weighted by Gasteiger charge is -2.10. The van der Waals surface area contributed by atoms with E-state index in [9.17, 15) is 30.8 Å². The van der Waals surface area contributed by atoms with Crippen LogP contribution in [0.2, 0.25) is 5.02 Å². The first-order valence-corrected chi connectivity index (χ1v) is 11.4. The highest BCUT2D eigenvalue weighted by Crippen LogP contribution is 2.34. The number of halogens is 5. The molecule has 0 spiro atoms. The Morgan fingerprint density at radius 3 is 2.36 bits per heavy atom. The third-order valence-corrected chi connectivity index (χ3v) is 5.48. The van der Waals surface area contributed by atoms with E-state index in [-0.39, 0.29) is 32.9 Å². The Bertz CT molecular complexity index is 1550. The van der Waals surface area contributed by atoms with Crippen LogP contribution in [0.5, 0.6) is 0 Å². The van der Waals surface area contributed by atoms with Crippen LogP contribution in [-0.4, -0.2) is 30.4 Å². The Kier molecular flexibility index (Phi) is 5.62. The number of benzene rings is 3. The van der Waals surface area contributed by atoms with Gasteiger partial charge in [0.1, 0.15) is 17.3 Å².